The quantitative estimate of drug-likeness (QED) is 0.809. The summed E-state index contributed by atoms with van der Waals surface area (Å²) < 4.78 is 50.1. The summed E-state index contributed by atoms with van der Waals surface area (Å²) in [6, 6.07) is 3.42. The Hall–Kier alpha value is -1.28. The van der Waals surface area contributed by atoms with E-state index in [1.165, 1.54) is 0 Å². The smallest absolute Gasteiger partial charge is 0.235 e. The Balaban J connectivity index is 2.21. The number of hydrogen-bond acceptors (Lipinski definition) is 5. The topological polar surface area (TPSA) is 106 Å². The van der Waals surface area contributed by atoms with E-state index in [0.29, 0.717) is 11.4 Å². The van der Waals surface area contributed by atoms with E-state index in [1.807, 2.05) is 13.0 Å². The second-order valence-electron chi connectivity index (χ2n) is 5.52. The molecule has 1 heterocycles. The summed E-state index contributed by atoms with van der Waals surface area (Å²) in [4.78, 5) is 0. The minimum atomic E-state index is -3.61. The number of aryl methyl sites for hydroxylation is 2. The molecule has 3 N–H and O–H groups in total. The fourth-order valence-electron chi connectivity index (χ4n) is 2.39. The third kappa shape index (κ3) is 3.68. The molecule has 2 rings (SSSR count). The molecule has 0 bridgehead atoms. The molecule has 0 unspecified atom stereocenters. The maximum absolute atomic E-state index is 12.4. The number of benzene rings is 1. The van der Waals surface area contributed by atoms with E-state index in [-0.39, 0.29) is 24.3 Å². The SMILES string of the molecule is Cc1cc(C)c(NS(=O)(=O)C2CCS(=O)(=O)CC2)cc1N. The van der Waals surface area contributed by atoms with Gasteiger partial charge in [-0.15, -0.1) is 0 Å². The van der Waals surface area contributed by atoms with Crippen LogP contribution >= 0.6 is 0 Å². The van der Waals surface area contributed by atoms with Gasteiger partial charge in [0.15, 0.2) is 0 Å². The Bertz CT molecular complexity index is 741. The highest BCUT2D eigenvalue weighted by Crippen LogP contribution is 2.26. The van der Waals surface area contributed by atoms with Crippen LogP contribution in [0.3, 0.4) is 0 Å². The largest absolute Gasteiger partial charge is 0.398 e. The number of nitrogen functional groups attached to an aromatic ring is 1. The summed E-state index contributed by atoms with van der Waals surface area (Å²) in [6.45, 7) is 3.65. The van der Waals surface area contributed by atoms with Gasteiger partial charge < -0.3 is 5.73 Å². The molecule has 1 aromatic carbocycles. The van der Waals surface area contributed by atoms with Crippen molar-refractivity contribution in [3.63, 3.8) is 0 Å². The molecule has 1 aromatic rings. The predicted molar refractivity (Wildman–Crippen MR) is 84.5 cm³/mol. The van der Waals surface area contributed by atoms with Gasteiger partial charge >= 0.3 is 0 Å². The molecular weight excluding hydrogens is 312 g/mol. The van der Waals surface area contributed by atoms with Crippen LogP contribution in [0.1, 0.15) is 24.0 Å². The average Bonchev–Trinajstić information content (AvgIpc) is 2.35. The highest BCUT2D eigenvalue weighted by atomic mass is 32.2. The number of hydrogen-bond donors (Lipinski definition) is 2. The van der Waals surface area contributed by atoms with Gasteiger partial charge in [0.2, 0.25) is 10.0 Å². The first-order chi connectivity index (χ1) is 9.61. The van der Waals surface area contributed by atoms with Gasteiger partial charge in [0.1, 0.15) is 9.84 Å². The molecule has 1 fully saturated rings. The Labute approximate surface area is 125 Å². The third-order valence-corrected chi connectivity index (χ3v) is 7.37. The zero-order valence-corrected chi connectivity index (χ0v) is 13.7. The average molecular weight is 332 g/mol. The lowest BCUT2D eigenvalue weighted by Crippen LogP contribution is -2.36. The van der Waals surface area contributed by atoms with Gasteiger partial charge in [-0.2, -0.15) is 0 Å². The van der Waals surface area contributed by atoms with Crippen molar-refractivity contribution in [2.45, 2.75) is 31.9 Å². The van der Waals surface area contributed by atoms with Gasteiger partial charge in [0.05, 0.1) is 22.4 Å². The molecule has 0 saturated carbocycles. The molecule has 1 saturated heterocycles. The summed E-state index contributed by atoms with van der Waals surface area (Å²) in [5.74, 6) is -0.152. The van der Waals surface area contributed by atoms with E-state index < -0.39 is 25.1 Å². The Morgan fingerprint density at radius 3 is 2.29 bits per heavy atom. The lowest BCUT2D eigenvalue weighted by Gasteiger charge is -2.23. The Morgan fingerprint density at radius 1 is 1.14 bits per heavy atom. The van der Waals surface area contributed by atoms with Crippen LogP contribution < -0.4 is 10.5 Å². The number of sulfonamides is 1. The fourth-order valence-corrected chi connectivity index (χ4v) is 5.73. The van der Waals surface area contributed by atoms with Crippen molar-refractivity contribution >= 4 is 31.2 Å². The van der Waals surface area contributed by atoms with Gasteiger partial charge in [-0.25, -0.2) is 16.8 Å². The predicted octanol–water partition coefficient (Wildman–Crippen LogP) is 1.20. The zero-order valence-electron chi connectivity index (χ0n) is 12.1. The standard InChI is InChI=1S/C13H20N2O4S2/c1-9-7-10(2)13(8-12(9)14)15-21(18,19)11-3-5-20(16,17)6-4-11/h7-8,11,15H,3-6,14H2,1-2H3. The minimum absolute atomic E-state index is 0.0758. The van der Waals surface area contributed by atoms with Crippen LogP contribution in [0, 0.1) is 13.8 Å². The van der Waals surface area contributed by atoms with Crippen molar-refractivity contribution in [3.8, 4) is 0 Å². The van der Waals surface area contributed by atoms with Crippen LogP contribution in [-0.2, 0) is 19.9 Å². The van der Waals surface area contributed by atoms with Gasteiger partial charge in [-0.05, 0) is 43.9 Å². The molecule has 8 heteroatoms. The molecule has 0 atom stereocenters. The maximum atomic E-state index is 12.4. The van der Waals surface area contributed by atoms with Crippen LogP contribution in [0.25, 0.3) is 0 Å². The van der Waals surface area contributed by atoms with E-state index in [4.69, 9.17) is 5.73 Å². The first-order valence-electron chi connectivity index (χ1n) is 6.69. The second-order valence-corrected chi connectivity index (χ2v) is 9.79. The summed E-state index contributed by atoms with van der Waals surface area (Å²) in [5.41, 5.74) is 8.45. The normalized spacial score (nSPS) is 19.3. The first kappa shape index (κ1) is 16.1. The number of sulfone groups is 1. The van der Waals surface area contributed by atoms with Crippen LogP contribution in [0.15, 0.2) is 12.1 Å². The monoisotopic (exact) mass is 332 g/mol. The van der Waals surface area contributed by atoms with E-state index >= 15 is 0 Å². The van der Waals surface area contributed by atoms with E-state index in [1.54, 1.807) is 13.0 Å². The maximum Gasteiger partial charge on any atom is 0.235 e. The number of rotatable bonds is 3. The molecule has 0 aromatic heterocycles. The van der Waals surface area contributed by atoms with Gasteiger partial charge in [0.25, 0.3) is 0 Å². The summed E-state index contributed by atoms with van der Waals surface area (Å²) in [6.07, 6.45) is 0.274. The second kappa shape index (κ2) is 5.49. The molecular formula is C13H20N2O4S2. The van der Waals surface area contributed by atoms with Gasteiger partial charge in [-0.1, -0.05) is 6.07 Å². The number of nitrogens with one attached hydrogen (secondary N) is 1. The van der Waals surface area contributed by atoms with Gasteiger partial charge in [0, 0.05) is 5.69 Å². The zero-order chi connectivity index (χ0) is 15.8. The molecule has 0 amide bonds. The Kier molecular flexibility index (Phi) is 4.21. The van der Waals surface area contributed by atoms with E-state index in [2.05, 4.69) is 4.72 Å². The third-order valence-electron chi connectivity index (χ3n) is 3.81. The van der Waals surface area contributed by atoms with Crippen molar-refractivity contribution in [2.75, 3.05) is 22.0 Å². The molecule has 1 aliphatic heterocycles. The Morgan fingerprint density at radius 2 is 1.71 bits per heavy atom. The summed E-state index contributed by atoms with van der Waals surface area (Å²) in [5, 5.41) is -0.678. The number of nitrogens with two attached hydrogens (primary N) is 1. The van der Waals surface area contributed by atoms with E-state index in [9.17, 15) is 16.8 Å². The molecule has 6 nitrogen and oxygen atoms in total. The van der Waals surface area contributed by atoms with Crippen LogP contribution in [-0.4, -0.2) is 33.6 Å². The summed E-state index contributed by atoms with van der Waals surface area (Å²) in [7, 11) is -6.69. The van der Waals surface area contributed by atoms with Crippen LogP contribution in [0.2, 0.25) is 0 Å². The molecule has 118 valence electrons. The lowest BCUT2D eigenvalue weighted by molar-refractivity contribution is 0.555. The van der Waals surface area contributed by atoms with Crippen molar-refractivity contribution < 1.29 is 16.8 Å². The molecule has 0 aliphatic carbocycles. The fraction of sp³-hybridized carbons (Fsp3) is 0.538. The van der Waals surface area contributed by atoms with Gasteiger partial charge in [-0.3, -0.25) is 4.72 Å². The highest BCUT2D eigenvalue weighted by Gasteiger charge is 2.33. The highest BCUT2D eigenvalue weighted by molar-refractivity contribution is 7.94. The van der Waals surface area contributed by atoms with Crippen molar-refractivity contribution in [1.82, 2.24) is 0 Å². The van der Waals surface area contributed by atoms with Crippen molar-refractivity contribution in [2.24, 2.45) is 0 Å². The number of anilines is 2. The van der Waals surface area contributed by atoms with Crippen molar-refractivity contribution in [1.29, 1.82) is 0 Å². The van der Waals surface area contributed by atoms with E-state index in [0.717, 1.165) is 11.1 Å². The minimum Gasteiger partial charge on any atom is -0.398 e. The molecule has 1 aliphatic rings. The van der Waals surface area contributed by atoms with Crippen molar-refractivity contribution in [3.05, 3.63) is 23.3 Å². The van der Waals surface area contributed by atoms with Crippen LogP contribution in [0.4, 0.5) is 11.4 Å². The lowest BCUT2D eigenvalue weighted by atomic mass is 10.1. The molecule has 0 radical (unpaired) electrons. The first-order valence-corrected chi connectivity index (χ1v) is 10.1. The molecule has 21 heavy (non-hydrogen) atoms. The summed E-state index contributed by atoms with van der Waals surface area (Å²) >= 11 is 0. The molecule has 0 spiro atoms. The van der Waals surface area contributed by atoms with Crippen LogP contribution in [0.5, 0.6) is 0 Å².